The molecule has 96 valence electrons. The number of Topliss-reactive ketones (excluding diaryl/α,β-unsaturated/α-hetero) is 1. The van der Waals surface area contributed by atoms with Crippen molar-refractivity contribution < 1.29 is 15.0 Å². The van der Waals surface area contributed by atoms with Crippen molar-refractivity contribution in [1.29, 1.82) is 0 Å². The number of carbonyl (C=O) groups is 1. The van der Waals surface area contributed by atoms with E-state index in [0.717, 1.165) is 11.6 Å². The predicted octanol–water partition coefficient (Wildman–Crippen LogP) is 2.54. The summed E-state index contributed by atoms with van der Waals surface area (Å²) in [6, 6.07) is 3.95. The van der Waals surface area contributed by atoms with Crippen molar-refractivity contribution in [2.45, 2.75) is 13.8 Å². The molecular weight excluding hydrogens is 250 g/mol. The number of allylic oxidation sites excluding steroid dienone is 2. The van der Waals surface area contributed by atoms with Gasteiger partial charge in [-0.3, -0.25) is 4.79 Å². The van der Waals surface area contributed by atoms with Gasteiger partial charge in [-0.05, 0) is 26.0 Å². The lowest BCUT2D eigenvalue weighted by Gasteiger charge is -2.18. The summed E-state index contributed by atoms with van der Waals surface area (Å²) in [5, 5.41) is 18.7. The van der Waals surface area contributed by atoms with Gasteiger partial charge in [0.1, 0.15) is 11.5 Å². The van der Waals surface area contributed by atoms with Crippen LogP contribution in [-0.4, -0.2) is 33.3 Å². The Morgan fingerprint density at radius 1 is 1.28 bits per heavy atom. The topological polar surface area (TPSA) is 60.8 Å². The fourth-order valence-electron chi connectivity index (χ4n) is 1.78. The Morgan fingerprint density at radius 3 is 2.39 bits per heavy atom. The second-order valence-corrected chi connectivity index (χ2v) is 5.43. The normalized spacial score (nSPS) is 15.3. The molecule has 0 atom stereocenters. The zero-order chi connectivity index (χ0) is 13.3. The second kappa shape index (κ2) is 4.94. The van der Waals surface area contributed by atoms with Crippen LogP contribution in [0.25, 0.3) is 0 Å². The number of benzene rings is 1. The van der Waals surface area contributed by atoms with Gasteiger partial charge in [0.25, 0.3) is 0 Å². The lowest BCUT2D eigenvalue weighted by atomic mass is 10.1. The molecule has 18 heavy (non-hydrogen) atoms. The minimum Gasteiger partial charge on any atom is -0.508 e. The number of carbonyl (C=O) groups excluding carboxylic acids is 1. The van der Waals surface area contributed by atoms with Crippen molar-refractivity contribution in [2.75, 3.05) is 12.4 Å². The molecule has 1 heterocycles. The highest BCUT2D eigenvalue weighted by Gasteiger charge is 2.20. The number of phenols is 2. The average Bonchev–Trinajstić information content (AvgIpc) is 2.59. The minimum absolute atomic E-state index is 0.0995. The molecular formula is C13H15NO3S. The smallest absolute Gasteiger partial charge is 0.182 e. The molecule has 0 spiro atoms. The minimum atomic E-state index is -0.115. The van der Waals surface area contributed by atoms with E-state index in [2.05, 4.69) is 0 Å². The monoisotopic (exact) mass is 265 g/mol. The molecule has 0 unspecified atom stereocenters. The number of hydrogen-bond donors (Lipinski definition) is 2. The lowest BCUT2D eigenvalue weighted by molar-refractivity contribution is 0.0958. The zero-order valence-electron chi connectivity index (χ0n) is 10.3. The summed E-state index contributed by atoms with van der Waals surface area (Å²) in [6.07, 6.45) is 0. The number of ketones is 1. The summed E-state index contributed by atoms with van der Waals surface area (Å²) in [4.78, 5) is 15.3. The molecule has 1 aliphatic heterocycles. The summed E-state index contributed by atoms with van der Waals surface area (Å²) in [5.74, 6) is 0.458. The molecule has 0 aliphatic carbocycles. The van der Waals surface area contributed by atoms with E-state index in [1.807, 2.05) is 18.7 Å². The Morgan fingerprint density at radius 2 is 1.89 bits per heavy atom. The molecule has 1 aliphatic rings. The standard InChI is InChI=1S/C13H15NO3S/c1-8-9(2)18-7-14(8)6-13(17)10-3-11(15)5-12(16)4-10/h3-5,15-16H,6-7H2,1-2H3. The van der Waals surface area contributed by atoms with E-state index in [4.69, 9.17) is 0 Å². The molecule has 0 radical (unpaired) electrons. The van der Waals surface area contributed by atoms with Gasteiger partial charge in [-0.1, -0.05) is 0 Å². The summed E-state index contributed by atoms with van der Waals surface area (Å²) < 4.78 is 0. The number of thioether (sulfide) groups is 1. The van der Waals surface area contributed by atoms with Gasteiger partial charge >= 0.3 is 0 Å². The van der Waals surface area contributed by atoms with E-state index < -0.39 is 0 Å². The van der Waals surface area contributed by atoms with E-state index in [-0.39, 0.29) is 23.8 Å². The molecule has 0 saturated heterocycles. The predicted molar refractivity (Wildman–Crippen MR) is 71.6 cm³/mol. The van der Waals surface area contributed by atoms with Crippen LogP contribution < -0.4 is 0 Å². The van der Waals surface area contributed by atoms with Gasteiger partial charge in [-0.25, -0.2) is 0 Å². The van der Waals surface area contributed by atoms with E-state index in [9.17, 15) is 15.0 Å². The number of phenolic OH excluding ortho intramolecular Hbond substituents is 2. The van der Waals surface area contributed by atoms with Gasteiger partial charge in [0.05, 0.1) is 12.4 Å². The Kier molecular flexibility index (Phi) is 3.52. The molecule has 1 aromatic carbocycles. The van der Waals surface area contributed by atoms with E-state index in [1.54, 1.807) is 11.8 Å². The molecule has 0 saturated carbocycles. The van der Waals surface area contributed by atoms with Crippen LogP contribution in [0.2, 0.25) is 0 Å². The Labute approximate surface area is 110 Å². The van der Waals surface area contributed by atoms with Crippen molar-refractivity contribution in [3.05, 3.63) is 34.4 Å². The zero-order valence-corrected chi connectivity index (χ0v) is 11.1. The first-order chi connectivity index (χ1) is 8.47. The SMILES string of the molecule is CC1=C(C)N(CC(=O)c2cc(O)cc(O)c2)CS1. The third-order valence-electron chi connectivity index (χ3n) is 2.98. The van der Waals surface area contributed by atoms with Crippen LogP contribution in [0.4, 0.5) is 0 Å². The molecule has 1 aromatic rings. The number of hydrogen-bond acceptors (Lipinski definition) is 5. The summed E-state index contributed by atoms with van der Waals surface area (Å²) in [6.45, 7) is 4.28. The average molecular weight is 265 g/mol. The number of rotatable bonds is 3. The molecule has 4 nitrogen and oxygen atoms in total. The van der Waals surface area contributed by atoms with Crippen LogP contribution in [0.1, 0.15) is 24.2 Å². The van der Waals surface area contributed by atoms with Crippen molar-refractivity contribution in [1.82, 2.24) is 4.90 Å². The van der Waals surface area contributed by atoms with Crippen LogP contribution in [0.5, 0.6) is 11.5 Å². The Hall–Kier alpha value is -1.62. The third-order valence-corrected chi connectivity index (χ3v) is 4.15. The maximum Gasteiger partial charge on any atom is 0.182 e. The van der Waals surface area contributed by atoms with Gasteiger partial charge in [-0.15, -0.1) is 11.8 Å². The number of nitrogens with zero attached hydrogens (tertiary/aromatic N) is 1. The van der Waals surface area contributed by atoms with E-state index >= 15 is 0 Å². The highest BCUT2D eigenvalue weighted by atomic mass is 32.2. The maximum atomic E-state index is 12.1. The highest BCUT2D eigenvalue weighted by molar-refractivity contribution is 8.03. The van der Waals surface area contributed by atoms with Gasteiger partial charge < -0.3 is 15.1 Å². The quantitative estimate of drug-likeness (QED) is 0.822. The van der Waals surface area contributed by atoms with Crippen LogP contribution in [-0.2, 0) is 0 Å². The van der Waals surface area contributed by atoms with Crippen LogP contribution in [0.3, 0.4) is 0 Å². The molecule has 2 rings (SSSR count). The second-order valence-electron chi connectivity index (χ2n) is 4.27. The molecule has 0 bridgehead atoms. The van der Waals surface area contributed by atoms with Gasteiger partial charge in [-0.2, -0.15) is 0 Å². The van der Waals surface area contributed by atoms with Gasteiger partial charge in [0.2, 0.25) is 0 Å². The fourth-order valence-corrected chi connectivity index (χ4v) is 2.76. The van der Waals surface area contributed by atoms with E-state index in [0.29, 0.717) is 5.56 Å². The highest BCUT2D eigenvalue weighted by Crippen LogP contribution is 2.31. The largest absolute Gasteiger partial charge is 0.508 e. The first kappa shape index (κ1) is 12.8. The first-order valence-corrected chi connectivity index (χ1v) is 6.57. The Bertz CT molecular complexity index is 505. The van der Waals surface area contributed by atoms with Crippen LogP contribution in [0, 0.1) is 0 Å². The van der Waals surface area contributed by atoms with Crippen molar-refractivity contribution >= 4 is 17.5 Å². The van der Waals surface area contributed by atoms with Gasteiger partial charge in [0, 0.05) is 22.2 Å². The van der Waals surface area contributed by atoms with Crippen LogP contribution in [0.15, 0.2) is 28.8 Å². The molecule has 2 N–H and O–H groups in total. The molecule has 0 fully saturated rings. The fraction of sp³-hybridized carbons (Fsp3) is 0.308. The molecule has 5 heteroatoms. The summed E-state index contributed by atoms with van der Waals surface area (Å²) in [5.41, 5.74) is 1.44. The first-order valence-electron chi connectivity index (χ1n) is 5.59. The maximum absolute atomic E-state index is 12.1. The van der Waals surface area contributed by atoms with Crippen molar-refractivity contribution in [2.24, 2.45) is 0 Å². The molecule has 0 aromatic heterocycles. The third kappa shape index (κ3) is 2.61. The van der Waals surface area contributed by atoms with Crippen LogP contribution >= 0.6 is 11.8 Å². The number of aromatic hydroxyl groups is 2. The Balaban J connectivity index is 2.13. The van der Waals surface area contributed by atoms with Crippen molar-refractivity contribution in [3.63, 3.8) is 0 Å². The summed E-state index contributed by atoms with van der Waals surface area (Å²) in [7, 11) is 0. The van der Waals surface area contributed by atoms with E-state index in [1.165, 1.54) is 23.1 Å². The lowest BCUT2D eigenvalue weighted by Crippen LogP contribution is -2.25. The summed E-state index contributed by atoms with van der Waals surface area (Å²) >= 11 is 1.71. The van der Waals surface area contributed by atoms with Gasteiger partial charge in [0.15, 0.2) is 5.78 Å². The van der Waals surface area contributed by atoms with Crippen molar-refractivity contribution in [3.8, 4) is 11.5 Å². The molecule has 0 amide bonds.